The molecule has 7 nitrogen and oxygen atoms in total. The highest BCUT2D eigenvalue weighted by molar-refractivity contribution is 6.11. The maximum absolute atomic E-state index is 12.5. The number of nitrogens with zero attached hydrogens (tertiary/aromatic N) is 1. The highest BCUT2D eigenvalue weighted by Crippen LogP contribution is 2.30. The van der Waals surface area contributed by atoms with E-state index in [0.717, 1.165) is 34.3 Å². The Morgan fingerprint density at radius 3 is 2.22 bits per heavy atom. The maximum atomic E-state index is 12.5. The number of halogens is 3. The first-order chi connectivity index (χ1) is 17.3. The molecule has 5 rings (SSSR count). The Morgan fingerprint density at radius 1 is 0.861 bits per heavy atom. The second kappa shape index (κ2) is 9.06. The molecule has 2 heterocycles. The molecule has 3 N–H and O–H groups in total. The zero-order valence-corrected chi connectivity index (χ0v) is 18.4. The summed E-state index contributed by atoms with van der Waals surface area (Å²) in [6, 6.07) is 20.6. The summed E-state index contributed by atoms with van der Waals surface area (Å²) < 4.78 is 40.7. The summed E-state index contributed by atoms with van der Waals surface area (Å²) in [7, 11) is 0. The number of amides is 1. The van der Waals surface area contributed by atoms with Crippen molar-refractivity contribution >= 4 is 44.8 Å². The third-order valence-corrected chi connectivity index (χ3v) is 5.40. The van der Waals surface area contributed by atoms with Crippen LogP contribution >= 0.6 is 0 Å². The Balaban J connectivity index is 1.33. The molecule has 0 saturated heterocycles. The fraction of sp³-hybridized carbons (Fsp3) is 0.0385. The standard InChI is InChI=1S/C26H17F3N4O3/c27-26(28,29)36-18-11-5-15(6-12-18)24(34)32-17-9-7-16(8-10-17)31-21-13-14-30-23-22(21)19-3-1-2-4-20(19)25(35)33-23/h1-14H,(H,32,34)(H2,30,31,33,35). The Hall–Kier alpha value is -4.86. The van der Waals surface area contributed by atoms with Crippen LogP contribution in [0.3, 0.4) is 0 Å². The Kier molecular flexibility index (Phi) is 5.77. The summed E-state index contributed by atoms with van der Waals surface area (Å²) in [6.07, 6.45) is -3.21. The number of rotatable bonds is 5. The number of fused-ring (bicyclic) bond motifs is 3. The Labute approximate surface area is 201 Å². The monoisotopic (exact) mass is 490 g/mol. The van der Waals surface area contributed by atoms with Crippen LogP contribution in [-0.4, -0.2) is 22.2 Å². The summed E-state index contributed by atoms with van der Waals surface area (Å²) in [4.78, 5) is 31.9. The number of alkyl halides is 3. The summed E-state index contributed by atoms with van der Waals surface area (Å²) in [5.41, 5.74) is 2.38. The summed E-state index contributed by atoms with van der Waals surface area (Å²) in [5.74, 6) is -0.889. The summed E-state index contributed by atoms with van der Waals surface area (Å²) in [6.45, 7) is 0. The number of pyridine rings is 2. The largest absolute Gasteiger partial charge is 0.573 e. The van der Waals surface area contributed by atoms with Gasteiger partial charge in [0.2, 0.25) is 0 Å². The van der Waals surface area contributed by atoms with Crippen molar-refractivity contribution in [1.82, 2.24) is 9.97 Å². The molecule has 0 spiro atoms. The van der Waals surface area contributed by atoms with E-state index in [1.54, 1.807) is 48.7 Å². The van der Waals surface area contributed by atoms with Crippen molar-refractivity contribution in [3.8, 4) is 5.75 Å². The smallest absolute Gasteiger partial charge is 0.406 e. The first-order valence-electron chi connectivity index (χ1n) is 10.7. The maximum Gasteiger partial charge on any atom is 0.573 e. The lowest BCUT2D eigenvalue weighted by molar-refractivity contribution is -0.274. The molecule has 180 valence electrons. The van der Waals surface area contributed by atoms with Crippen molar-refractivity contribution in [3.05, 3.63) is 101 Å². The van der Waals surface area contributed by atoms with Crippen LogP contribution in [0.4, 0.5) is 30.2 Å². The predicted molar refractivity (Wildman–Crippen MR) is 131 cm³/mol. The van der Waals surface area contributed by atoms with Crippen LogP contribution in [0.1, 0.15) is 10.4 Å². The SMILES string of the molecule is O=C(Nc1ccc(Nc2ccnc3[nH]c(=O)c4ccccc4c23)cc1)c1ccc(OC(F)(F)F)cc1. The van der Waals surface area contributed by atoms with Gasteiger partial charge in [0.25, 0.3) is 11.5 Å². The van der Waals surface area contributed by atoms with E-state index in [1.807, 2.05) is 12.1 Å². The van der Waals surface area contributed by atoms with E-state index in [2.05, 4.69) is 25.3 Å². The van der Waals surface area contributed by atoms with Gasteiger partial charge in [0, 0.05) is 39.3 Å². The van der Waals surface area contributed by atoms with Gasteiger partial charge in [-0.25, -0.2) is 4.98 Å². The van der Waals surface area contributed by atoms with Crippen molar-refractivity contribution < 1.29 is 22.7 Å². The quantitative estimate of drug-likeness (QED) is 0.264. The molecule has 0 radical (unpaired) electrons. The van der Waals surface area contributed by atoms with Crippen molar-refractivity contribution in [2.45, 2.75) is 6.36 Å². The average Bonchev–Trinajstić information content (AvgIpc) is 2.85. The van der Waals surface area contributed by atoms with E-state index in [9.17, 15) is 22.8 Å². The first kappa shape index (κ1) is 22.9. The molecular formula is C26H17F3N4O3. The highest BCUT2D eigenvalue weighted by atomic mass is 19.4. The zero-order valence-electron chi connectivity index (χ0n) is 18.4. The number of nitrogens with one attached hydrogen (secondary N) is 3. The number of anilines is 3. The summed E-state index contributed by atoms with van der Waals surface area (Å²) >= 11 is 0. The van der Waals surface area contributed by atoms with E-state index in [0.29, 0.717) is 16.7 Å². The molecule has 3 aromatic carbocycles. The van der Waals surface area contributed by atoms with Crippen molar-refractivity contribution in [2.75, 3.05) is 10.6 Å². The van der Waals surface area contributed by atoms with Gasteiger partial charge in [-0.1, -0.05) is 18.2 Å². The zero-order chi connectivity index (χ0) is 25.3. The lowest BCUT2D eigenvalue weighted by Crippen LogP contribution is -2.17. The molecule has 0 aliphatic rings. The van der Waals surface area contributed by atoms with Gasteiger partial charge in [0.15, 0.2) is 0 Å². The molecule has 0 bridgehead atoms. The van der Waals surface area contributed by atoms with E-state index in [-0.39, 0.29) is 11.1 Å². The fourth-order valence-electron chi connectivity index (χ4n) is 3.81. The van der Waals surface area contributed by atoms with Crippen LogP contribution in [0.25, 0.3) is 21.8 Å². The van der Waals surface area contributed by atoms with Gasteiger partial charge in [0.05, 0.1) is 5.69 Å². The van der Waals surface area contributed by atoms with Crippen molar-refractivity contribution in [1.29, 1.82) is 0 Å². The number of hydrogen-bond acceptors (Lipinski definition) is 5. The molecule has 10 heteroatoms. The van der Waals surface area contributed by atoms with E-state index >= 15 is 0 Å². The van der Waals surface area contributed by atoms with Gasteiger partial charge >= 0.3 is 6.36 Å². The first-order valence-corrected chi connectivity index (χ1v) is 10.7. The van der Waals surface area contributed by atoms with Crippen LogP contribution in [-0.2, 0) is 0 Å². The molecule has 0 saturated carbocycles. The topological polar surface area (TPSA) is 96.1 Å². The third-order valence-electron chi connectivity index (χ3n) is 5.40. The molecule has 0 aliphatic carbocycles. The van der Waals surface area contributed by atoms with Gasteiger partial charge in [-0.2, -0.15) is 0 Å². The molecule has 0 unspecified atom stereocenters. The molecule has 0 aliphatic heterocycles. The minimum Gasteiger partial charge on any atom is -0.406 e. The average molecular weight is 490 g/mol. The number of carbonyl (C=O) groups is 1. The number of hydrogen-bond donors (Lipinski definition) is 3. The van der Waals surface area contributed by atoms with Crippen LogP contribution in [0.2, 0.25) is 0 Å². The number of H-pyrrole nitrogens is 1. The third kappa shape index (κ3) is 4.83. The highest BCUT2D eigenvalue weighted by Gasteiger charge is 2.31. The number of carbonyl (C=O) groups excluding carboxylic acids is 1. The molecular weight excluding hydrogens is 473 g/mol. The van der Waals surface area contributed by atoms with Crippen LogP contribution in [0.5, 0.6) is 5.75 Å². The van der Waals surface area contributed by atoms with Crippen LogP contribution < -0.4 is 20.9 Å². The second-order valence-corrected chi connectivity index (χ2v) is 7.81. The van der Waals surface area contributed by atoms with Crippen molar-refractivity contribution in [3.63, 3.8) is 0 Å². The number of ether oxygens (including phenoxy) is 1. The van der Waals surface area contributed by atoms with Crippen molar-refractivity contribution in [2.24, 2.45) is 0 Å². The predicted octanol–water partition coefficient (Wildman–Crippen LogP) is 5.97. The fourth-order valence-corrected chi connectivity index (χ4v) is 3.81. The minimum absolute atomic E-state index is 0.177. The van der Waals surface area contributed by atoms with Gasteiger partial charge in [-0.15, -0.1) is 13.2 Å². The molecule has 5 aromatic rings. The minimum atomic E-state index is -4.80. The summed E-state index contributed by atoms with van der Waals surface area (Å²) in [5, 5.41) is 8.10. The number of benzene rings is 3. The van der Waals surface area contributed by atoms with Gasteiger partial charge in [0.1, 0.15) is 11.4 Å². The van der Waals surface area contributed by atoms with Crippen LogP contribution in [0, 0.1) is 0 Å². The van der Waals surface area contributed by atoms with Gasteiger partial charge < -0.3 is 20.4 Å². The van der Waals surface area contributed by atoms with Crippen LogP contribution in [0.15, 0.2) is 89.9 Å². The second-order valence-electron chi connectivity index (χ2n) is 7.81. The molecule has 36 heavy (non-hydrogen) atoms. The van der Waals surface area contributed by atoms with E-state index < -0.39 is 18.0 Å². The van der Waals surface area contributed by atoms with E-state index in [1.165, 1.54) is 12.1 Å². The molecule has 2 aromatic heterocycles. The Morgan fingerprint density at radius 2 is 1.53 bits per heavy atom. The number of aromatic amines is 1. The molecule has 0 fully saturated rings. The molecule has 0 atom stereocenters. The lowest BCUT2D eigenvalue weighted by atomic mass is 10.1. The molecule has 1 amide bonds. The normalized spacial score (nSPS) is 11.4. The van der Waals surface area contributed by atoms with Gasteiger partial charge in [-0.05, 0) is 60.7 Å². The van der Waals surface area contributed by atoms with E-state index in [4.69, 9.17) is 0 Å². The number of aromatic nitrogens is 2. The Bertz CT molecular complexity index is 1630. The lowest BCUT2D eigenvalue weighted by Gasteiger charge is -2.12. The van der Waals surface area contributed by atoms with Gasteiger partial charge in [-0.3, -0.25) is 9.59 Å².